The van der Waals surface area contributed by atoms with Gasteiger partial charge < -0.3 is 10.4 Å². The maximum atomic E-state index is 9.24. The summed E-state index contributed by atoms with van der Waals surface area (Å²) in [4.78, 5) is 0. The number of phenolic OH excluding ortho intramolecular Hbond substituents is 1. The van der Waals surface area contributed by atoms with E-state index in [1.165, 1.54) is 12.2 Å². The molecule has 0 spiro atoms. The zero-order chi connectivity index (χ0) is 9.97. The predicted molar refractivity (Wildman–Crippen MR) is 62.5 cm³/mol. The predicted octanol–water partition coefficient (Wildman–Crippen LogP) is 2.96. The third-order valence-electron chi connectivity index (χ3n) is 2.25. The second-order valence-electron chi connectivity index (χ2n) is 3.37. The van der Waals surface area contributed by atoms with Crippen molar-refractivity contribution in [1.29, 1.82) is 0 Å². The molecule has 1 unspecified atom stereocenters. The van der Waals surface area contributed by atoms with Gasteiger partial charge in [-0.25, -0.2) is 0 Å². The van der Waals surface area contributed by atoms with E-state index in [0.717, 1.165) is 11.4 Å². The van der Waals surface area contributed by atoms with Crippen LogP contribution < -0.4 is 5.32 Å². The Morgan fingerprint density at radius 3 is 3.00 bits per heavy atom. The van der Waals surface area contributed by atoms with Gasteiger partial charge in [-0.2, -0.15) is 11.8 Å². The Balaban J connectivity index is 2.05. The minimum atomic E-state index is 0.137. The van der Waals surface area contributed by atoms with Gasteiger partial charge in [0, 0.05) is 17.5 Å². The molecule has 1 atom stereocenters. The molecule has 0 saturated carbocycles. The molecule has 1 aromatic rings. The van der Waals surface area contributed by atoms with Crippen molar-refractivity contribution in [2.45, 2.75) is 12.5 Å². The third kappa shape index (κ3) is 2.28. The summed E-state index contributed by atoms with van der Waals surface area (Å²) in [5.74, 6) is 2.51. The quantitative estimate of drug-likeness (QED) is 0.765. The van der Waals surface area contributed by atoms with Crippen molar-refractivity contribution < 1.29 is 5.11 Å². The van der Waals surface area contributed by atoms with Gasteiger partial charge in [0.15, 0.2) is 0 Å². The molecule has 1 aliphatic heterocycles. The molecule has 76 valence electrons. The Morgan fingerprint density at radius 1 is 1.50 bits per heavy atom. The van der Waals surface area contributed by atoms with Crippen LogP contribution in [0.4, 0.5) is 5.69 Å². The number of nitrogens with one attached hydrogen (secondary N) is 1. The first-order valence-electron chi connectivity index (χ1n) is 4.58. The van der Waals surface area contributed by atoms with Crippen molar-refractivity contribution in [2.75, 3.05) is 16.8 Å². The summed E-state index contributed by atoms with van der Waals surface area (Å²) < 4.78 is 0. The van der Waals surface area contributed by atoms with Crippen LogP contribution in [0.25, 0.3) is 0 Å². The van der Waals surface area contributed by atoms with Crippen molar-refractivity contribution in [1.82, 2.24) is 0 Å². The first-order chi connectivity index (χ1) is 6.75. The largest absolute Gasteiger partial charge is 0.506 e. The fourth-order valence-corrected chi connectivity index (χ4v) is 2.81. The minimum Gasteiger partial charge on any atom is -0.506 e. The number of anilines is 1. The van der Waals surface area contributed by atoms with E-state index in [1.807, 2.05) is 17.8 Å². The summed E-state index contributed by atoms with van der Waals surface area (Å²) in [7, 11) is 0. The topological polar surface area (TPSA) is 32.3 Å². The van der Waals surface area contributed by atoms with Crippen molar-refractivity contribution in [3.05, 3.63) is 23.2 Å². The van der Waals surface area contributed by atoms with E-state index >= 15 is 0 Å². The number of aromatic hydroxyl groups is 1. The molecular formula is C10H12ClNOS. The number of halogens is 1. The van der Waals surface area contributed by atoms with Gasteiger partial charge in [-0.05, 0) is 30.4 Å². The van der Waals surface area contributed by atoms with Crippen LogP contribution in [0.5, 0.6) is 5.75 Å². The van der Waals surface area contributed by atoms with Crippen LogP contribution >= 0.6 is 23.4 Å². The van der Waals surface area contributed by atoms with Gasteiger partial charge in [0.1, 0.15) is 5.75 Å². The molecule has 14 heavy (non-hydrogen) atoms. The van der Waals surface area contributed by atoms with Gasteiger partial charge >= 0.3 is 0 Å². The highest BCUT2D eigenvalue weighted by Gasteiger charge is 2.15. The summed E-state index contributed by atoms with van der Waals surface area (Å²) in [5, 5.41) is 13.0. The first-order valence-corrected chi connectivity index (χ1v) is 6.12. The van der Waals surface area contributed by atoms with Crippen molar-refractivity contribution in [2.24, 2.45) is 0 Å². The van der Waals surface area contributed by atoms with E-state index in [4.69, 9.17) is 11.6 Å². The van der Waals surface area contributed by atoms with Crippen LogP contribution in [0, 0.1) is 0 Å². The normalized spacial score (nSPS) is 21.1. The molecule has 1 saturated heterocycles. The van der Waals surface area contributed by atoms with Gasteiger partial charge in [-0.1, -0.05) is 11.6 Å². The van der Waals surface area contributed by atoms with Crippen molar-refractivity contribution >= 4 is 29.1 Å². The van der Waals surface area contributed by atoms with E-state index < -0.39 is 0 Å². The molecule has 1 aliphatic rings. The standard InChI is InChI=1S/C10H12ClNOS/c11-9-5-7(1-2-10(9)13)12-8-3-4-14-6-8/h1-2,5,8,12-13H,3-4,6H2. The Kier molecular flexibility index (Phi) is 3.08. The van der Waals surface area contributed by atoms with Gasteiger partial charge in [-0.3, -0.25) is 0 Å². The maximum Gasteiger partial charge on any atom is 0.134 e. The SMILES string of the molecule is Oc1ccc(NC2CCSC2)cc1Cl. The van der Waals surface area contributed by atoms with E-state index in [9.17, 15) is 5.11 Å². The summed E-state index contributed by atoms with van der Waals surface area (Å²) >= 11 is 7.77. The molecule has 0 amide bonds. The number of phenols is 1. The van der Waals surface area contributed by atoms with Crippen LogP contribution in [-0.4, -0.2) is 22.7 Å². The molecule has 2 rings (SSSR count). The Hall–Kier alpha value is -0.540. The smallest absolute Gasteiger partial charge is 0.134 e. The summed E-state index contributed by atoms with van der Waals surface area (Å²) in [5.41, 5.74) is 0.986. The van der Waals surface area contributed by atoms with Gasteiger partial charge in [-0.15, -0.1) is 0 Å². The molecule has 4 heteroatoms. The van der Waals surface area contributed by atoms with Crippen molar-refractivity contribution in [3.63, 3.8) is 0 Å². The van der Waals surface area contributed by atoms with Gasteiger partial charge in [0.25, 0.3) is 0 Å². The van der Waals surface area contributed by atoms with Crippen LogP contribution in [-0.2, 0) is 0 Å². The molecule has 1 aromatic carbocycles. The van der Waals surface area contributed by atoms with Crippen LogP contribution in [0.2, 0.25) is 5.02 Å². The van der Waals surface area contributed by atoms with E-state index in [0.29, 0.717) is 11.1 Å². The van der Waals surface area contributed by atoms with Gasteiger partial charge in [0.2, 0.25) is 0 Å². The Morgan fingerprint density at radius 2 is 2.36 bits per heavy atom. The lowest BCUT2D eigenvalue weighted by Gasteiger charge is -2.13. The first kappa shape index (κ1) is 9.99. The summed E-state index contributed by atoms with van der Waals surface area (Å²) in [6.45, 7) is 0. The number of hydrogen-bond acceptors (Lipinski definition) is 3. The fourth-order valence-electron chi connectivity index (χ4n) is 1.48. The van der Waals surface area contributed by atoms with Crippen LogP contribution in [0.3, 0.4) is 0 Å². The number of thioether (sulfide) groups is 1. The molecule has 0 aliphatic carbocycles. The van der Waals surface area contributed by atoms with Crippen LogP contribution in [0.15, 0.2) is 18.2 Å². The Labute approximate surface area is 92.7 Å². The lowest BCUT2D eigenvalue weighted by molar-refractivity contribution is 0.475. The number of benzene rings is 1. The number of hydrogen-bond donors (Lipinski definition) is 2. The highest BCUT2D eigenvalue weighted by Crippen LogP contribution is 2.28. The zero-order valence-corrected chi connectivity index (χ0v) is 9.24. The van der Waals surface area contributed by atoms with E-state index in [-0.39, 0.29) is 5.75 Å². The molecular weight excluding hydrogens is 218 g/mol. The molecule has 0 aromatic heterocycles. The number of rotatable bonds is 2. The van der Waals surface area contributed by atoms with E-state index in [1.54, 1.807) is 12.1 Å². The van der Waals surface area contributed by atoms with Crippen molar-refractivity contribution in [3.8, 4) is 5.75 Å². The average molecular weight is 230 g/mol. The lowest BCUT2D eigenvalue weighted by Crippen LogP contribution is -2.17. The summed E-state index contributed by atoms with van der Waals surface area (Å²) in [6.07, 6.45) is 1.20. The van der Waals surface area contributed by atoms with Crippen LogP contribution in [0.1, 0.15) is 6.42 Å². The highest BCUT2D eigenvalue weighted by atomic mass is 35.5. The monoisotopic (exact) mass is 229 g/mol. The third-order valence-corrected chi connectivity index (χ3v) is 3.71. The maximum absolute atomic E-state index is 9.24. The summed E-state index contributed by atoms with van der Waals surface area (Å²) in [6, 6.07) is 5.78. The minimum absolute atomic E-state index is 0.137. The second-order valence-corrected chi connectivity index (χ2v) is 4.93. The fraction of sp³-hybridized carbons (Fsp3) is 0.400. The molecule has 0 bridgehead atoms. The average Bonchev–Trinajstić information content (AvgIpc) is 2.64. The molecule has 2 nitrogen and oxygen atoms in total. The zero-order valence-electron chi connectivity index (χ0n) is 7.66. The molecule has 1 fully saturated rings. The van der Waals surface area contributed by atoms with E-state index in [2.05, 4.69) is 5.32 Å². The second kappa shape index (κ2) is 4.32. The molecule has 0 radical (unpaired) electrons. The Bertz CT molecular complexity index is 326. The molecule has 2 N–H and O–H groups in total. The molecule has 1 heterocycles. The lowest BCUT2D eigenvalue weighted by atomic mass is 10.2. The van der Waals surface area contributed by atoms with Gasteiger partial charge in [0.05, 0.1) is 5.02 Å². The highest BCUT2D eigenvalue weighted by molar-refractivity contribution is 7.99.